The van der Waals surface area contributed by atoms with Gasteiger partial charge < -0.3 is 19.4 Å². The average Bonchev–Trinajstić information content (AvgIpc) is 1.49. The molecule has 5 aliphatic carbocycles. The second-order valence-electron chi connectivity index (χ2n) is 43.6. The highest BCUT2D eigenvalue weighted by molar-refractivity contribution is 6.19. The Morgan fingerprint density at radius 1 is 0.319 bits per heavy atom. The third kappa shape index (κ3) is 12.3. The number of aromatic amines is 2. The number of aromatic nitrogens is 8. The van der Waals surface area contributed by atoms with Gasteiger partial charge in [0.05, 0.1) is 92.6 Å². The third-order valence-corrected chi connectivity index (χ3v) is 27.4. The molecule has 12 aromatic rings. The van der Waals surface area contributed by atoms with E-state index in [1.54, 1.807) is 0 Å². The van der Waals surface area contributed by atoms with Crippen LogP contribution in [-0.4, -0.2) is 66.0 Å². The molecule has 10 bridgehead atoms. The number of hydrogen-bond donors (Lipinski definition) is 2. The highest BCUT2D eigenvalue weighted by atomic mass is 16.5. The first-order valence-electron chi connectivity index (χ1n) is 42.9. The number of nitrogens with zero attached hydrogens (tertiary/aromatic N) is 6. The Hall–Kier alpha value is -11.0. The topological polar surface area (TPSA) is 162 Å². The summed E-state index contributed by atoms with van der Waals surface area (Å²) in [7, 11) is 2.81. The highest BCUT2D eigenvalue weighted by Crippen LogP contribution is 2.76. The van der Waals surface area contributed by atoms with Crippen molar-refractivity contribution in [2.45, 2.75) is 228 Å². The zero-order valence-corrected chi connectivity index (χ0v) is 74.3. The SMILES string of the molecule is COC(=O)C1=C(C(=O)OC)C2C1[C@H]1C[C@@H]2[C@H]2c3ccc4c5c(ccc(c35)[C@H]21)-c1nc2cc3nc5c6[nH]c(c(-c7cc(C(C)(C)C)cc(C(C)(C)C)c7)c7nc(c(-c8cc(C(C)(C)C)cc(C(C)(C)C)c8)c8ccc([nH]8)c(-c8cc(C(C)(C)C)cc(C(C)(C)C)c8)c8nc(c6-c6cc(C(C)(C)C)cc(C(C)(C)C)c6)C=C8)C=C7)c5nc3cc2nc1-4. The molecule has 12 nitrogen and oxygen atoms in total. The summed E-state index contributed by atoms with van der Waals surface area (Å²) in [5, 5.41) is 2.42. The minimum atomic E-state index is -0.426. The van der Waals surface area contributed by atoms with Crippen molar-refractivity contribution in [3.8, 4) is 67.0 Å². The molecule has 6 atom stereocenters. The van der Waals surface area contributed by atoms with Crippen LogP contribution in [0.1, 0.15) is 263 Å². The maximum atomic E-state index is 13.6. The smallest absolute Gasteiger partial charge is 0.334 e. The van der Waals surface area contributed by atoms with Gasteiger partial charge in [-0.1, -0.05) is 263 Å². The summed E-state index contributed by atoms with van der Waals surface area (Å²) in [6.07, 6.45) is 9.89. The highest BCUT2D eigenvalue weighted by Gasteiger charge is 2.69. The Kier molecular flexibility index (Phi) is 16.9. The monoisotopic (exact) mass is 1570 g/mol. The van der Waals surface area contributed by atoms with Gasteiger partial charge in [-0.2, -0.15) is 0 Å². The van der Waals surface area contributed by atoms with Crippen LogP contribution < -0.4 is 0 Å². The number of carbonyl (C=O) groups excluding carboxylic acids is 2. The van der Waals surface area contributed by atoms with E-state index in [9.17, 15) is 9.59 Å². The molecule has 0 saturated heterocycles. The predicted molar refractivity (Wildman–Crippen MR) is 491 cm³/mol. The molecular weight excluding hydrogens is 1460 g/mol. The van der Waals surface area contributed by atoms with Gasteiger partial charge in [0.15, 0.2) is 0 Å². The number of carbonyl (C=O) groups is 2. The fourth-order valence-corrected chi connectivity index (χ4v) is 20.7. The van der Waals surface area contributed by atoms with Crippen molar-refractivity contribution in [1.82, 2.24) is 39.9 Å². The van der Waals surface area contributed by atoms with E-state index < -0.39 is 11.9 Å². The molecule has 7 aromatic carbocycles. The molecule has 0 radical (unpaired) electrons. The van der Waals surface area contributed by atoms with Crippen LogP contribution in [0.15, 0.2) is 132 Å². The lowest BCUT2D eigenvalue weighted by atomic mass is 9.55. The molecule has 2 fully saturated rings. The van der Waals surface area contributed by atoms with Crippen molar-refractivity contribution < 1.29 is 19.1 Å². The summed E-state index contributed by atoms with van der Waals surface area (Å²) in [5.74, 6) is -0.216. The molecule has 2 N–H and O–H groups in total. The Bertz CT molecular complexity index is 6300. The van der Waals surface area contributed by atoms with E-state index in [1.807, 2.05) is 0 Å². The maximum Gasteiger partial charge on any atom is 0.334 e. The van der Waals surface area contributed by atoms with Crippen molar-refractivity contribution in [2.24, 2.45) is 23.7 Å². The van der Waals surface area contributed by atoms with E-state index in [4.69, 9.17) is 39.4 Å². The lowest BCUT2D eigenvalue weighted by Crippen LogP contribution is -2.46. The predicted octanol–water partition coefficient (Wildman–Crippen LogP) is 26.3. The lowest BCUT2D eigenvalue weighted by molar-refractivity contribution is -0.143. The average molecular weight is 1570 g/mol. The zero-order chi connectivity index (χ0) is 84.5. The summed E-state index contributed by atoms with van der Waals surface area (Å²) in [4.78, 5) is 71.5. The van der Waals surface area contributed by atoms with E-state index in [-0.39, 0.29) is 78.8 Å². The third-order valence-electron chi connectivity index (χ3n) is 27.4. The molecular formula is C107H112N8O4. The van der Waals surface area contributed by atoms with Crippen LogP contribution in [0.3, 0.4) is 0 Å². The quantitative estimate of drug-likeness (QED) is 0.121. The van der Waals surface area contributed by atoms with Gasteiger partial charge in [0.25, 0.3) is 0 Å². The molecule has 119 heavy (non-hydrogen) atoms. The van der Waals surface area contributed by atoms with E-state index in [0.29, 0.717) is 44.2 Å². The Balaban J connectivity index is 0.955. The van der Waals surface area contributed by atoms with Crippen molar-refractivity contribution in [3.05, 3.63) is 211 Å². The molecule has 12 heteroatoms. The van der Waals surface area contributed by atoms with Gasteiger partial charge in [0, 0.05) is 61.6 Å². The molecule has 5 aromatic heterocycles. The van der Waals surface area contributed by atoms with Gasteiger partial charge in [0.1, 0.15) is 11.0 Å². The van der Waals surface area contributed by atoms with Crippen molar-refractivity contribution >= 4 is 102 Å². The summed E-state index contributed by atoms with van der Waals surface area (Å²) in [5.41, 5.74) is 34.1. The summed E-state index contributed by atoms with van der Waals surface area (Å²) >= 11 is 0. The van der Waals surface area contributed by atoms with Crippen LogP contribution in [0.2, 0.25) is 0 Å². The van der Waals surface area contributed by atoms with E-state index in [1.165, 1.54) is 80.6 Å². The second-order valence-corrected chi connectivity index (χ2v) is 43.6. The Labute approximate surface area is 700 Å². The standard InChI is InChI=1S/C107H112N8O4/c1-100(2,3)56-37-52(38-57(45-56)101(4,5)6)80-70-31-32-71(108-70)81(53-39-58(102(7,8)9)46-59(40-53)103(10,11)12)73-34-36-75(110-73)83(55-43-62(106(19,20)21)48-63(44-55)107(22,23)24)95-97-96(94(115-95)82(74-35-33-72(80)109-74)54-41-60(104(13,14)15)47-61(42-54)105(16,17)18)113-78-50-76-77(51-79(78)114-97)112-93-67-30-28-65-84-64(27-29-66(87(67)84)92(93)111-76)85-68-49-69(86(65)85)89-88(68)90(98(116)118-25)91(89)99(117)119-26/h27-48,50-51,68-69,85-86,88-89,108,115H,49H2,1-26H3/t68-,69+,85-,86+,88?,89?. The zero-order valence-electron chi connectivity index (χ0n) is 74.3. The van der Waals surface area contributed by atoms with Gasteiger partial charge in [-0.3, -0.25) is 0 Å². The molecule has 2 unspecified atom stereocenters. The Morgan fingerprint density at radius 2 is 0.605 bits per heavy atom. The number of rotatable bonds is 6. The van der Waals surface area contributed by atoms with Crippen molar-refractivity contribution in [1.29, 1.82) is 0 Å². The van der Waals surface area contributed by atoms with Crippen molar-refractivity contribution in [3.63, 3.8) is 0 Å². The largest absolute Gasteiger partial charge is 0.466 e. The van der Waals surface area contributed by atoms with Crippen LogP contribution in [0, 0.1) is 23.7 Å². The van der Waals surface area contributed by atoms with Gasteiger partial charge in [-0.25, -0.2) is 39.5 Å². The molecule has 604 valence electrons. The number of benzene rings is 7. The number of nitrogens with one attached hydrogen (secondary N) is 2. The number of methoxy groups -OCH3 is 2. The van der Waals surface area contributed by atoms with Crippen LogP contribution in [0.25, 0.3) is 157 Å². The molecule has 2 aliphatic heterocycles. The van der Waals surface area contributed by atoms with Crippen LogP contribution in [0.5, 0.6) is 0 Å². The first-order chi connectivity index (χ1) is 55.7. The number of hydrogen-bond acceptors (Lipinski definition) is 10. The molecule has 7 heterocycles. The summed E-state index contributed by atoms with van der Waals surface area (Å²) < 4.78 is 10.7. The first-order valence-corrected chi connectivity index (χ1v) is 42.9. The van der Waals surface area contributed by atoms with E-state index in [0.717, 1.165) is 118 Å². The van der Waals surface area contributed by atoms with Crippen LogP contribution >= 0.6 is 0 Å². The normalized spacial score (nSPS) is 18.8. The molecule has 7 aliphatic rings. The van der Waals surface area contributed by atoms with Gasteiger partial charge >= 0.3 is 11.9 Å². The van der Waals surface area contributed by atoms with Gasteiger partial charge in [-0.15, -0.1) is 0 Å². The lowest BCUT2D eigenvalue weighted by Gasteiger charge is -2.47. The number of ether oxygens (including phenoxy) is 2. The molecule has 2 saturated carbocycles. The van der Waals surface area contributed by atoms with Gasteiger partial charge in [-0.05, 0) is 205 Å². The fourth-order valence-electron chi connectivity index (χ4n) is 20.7. The van der Waals surface area contributed by atoms with E-state index >= 15 is 0 Å². The summed E-state index contributed by atoms with van der Waals surface area (Å²) in [6.45, 7) is 55.5. The second kappa shape index (κ2) is 25.8. The maximum absolute atomic E-state index is 13.6. The molecule has 0 spiro atoms. The minimum Gasteiger partial charge on any atom is -0.466 e. The number of H-pyrrole nitrogens is 2. The first kappa shape index (κ1) is 77.9. The minimum absolute atomic E-state index is 0.0559. The van der Waals surface area contributed by atoms with E-state index in [2.05, 4.69) is 322 Å². The number of esters is 2. The number of fused-ring (bicyclic) bond motifs is 26. The molecule has 19 rings (SSSR count). The molecule has 0 amide bonds. The van der Waals surface area contributed by atoms with Crippen molar-refractivity contribution in [2.75, 3.05) is 14.2 Å². The summed E-state index contributed by atoms with van der Waals surface area (Å²) in [6, 6.07) is 46.7. The van der Waals surface area contributed by atoms with Gasteiger partial charge in [0.2, 0.25) is 0 Å². The van der Waals surface area contributed by atoms with Crippen LogP contribution in [0.4, 0.5) is 0 Å². The van der Waals surface area contributed by atoms with Crippen LogP contribution in [-0.2, 0) is 62.4 Å². The Morgan fingerprint density at radius 3 is 0.899 bits per heavy atom. The fraction of sp³-hybridized carbons (Fsp3) is 0.383.